The van der Waals surface area contributed by atoms with Gasteiger partial charge in [0.05, 0.1) is 0 Å². The SMILES string of the molecule is CC1CCCN(CC(C)Nc2c(F)c(F)nc(F)c2F)C1. The molecule has 2 atom stereocenters. The number of nitrogens with zero attached hydrogens (tertiary/aromatic N) is 2. The molecule has 1 N–H and O–H groups in total. The van der Waals surface area contributed by atoms with E-state index in [0.29, 0.717) is 12.5 Å². The van der Waals surface area contributed by atoms with Gasteiger partial charge in [0.25, 0.3) is 11.9 Å². The molecule has 0 aromatic carbocycles. The third-order valence-electron chi connectivity index (χ3n) is 3.66. The summed E-state index contributed by atoms with van der Waals surface area (Å²) in [5.41, 5.74) is -0.794. The molecule has 21 heavy (non-hydrogen) atoms. The average Bonchev–Trinajstić information content (AvgIpc) is 2.41. The standard InChI is InChI=1S/C14H19F4N3/c1-8-4-3-5-21(6-8)7-9(2)19-12-10(15)13(17)20-14(18)11(12)16/h8-9H,3-7H2,1-2H3,(H,19,20). The molecule has 0 spiro atoms. The molecule has 0 bridgehead atoms. The maximum Gasteiger partial charge on any atom is 0.253 e. The van der Waals surface area contributed by atoms with E-state index < -0.39 is 29.2 Å². The summed E-state index contributed by atoms with van der Waals surface area (Å²) in [6.45, 7) is 6.25. The number of anilines is 1. The van der Waals surface area contributed by atoms with Crippen molar-refractivity contribution in [3.63, 3.8) is 0 Å². The van der Waals surface area contributed by atoms with Crippen LogP contribution >= 0.6 is 0 Å². The zero-order valence-corrected chi connectivity index (χ0v) is 12.1. The highest BCUT2D eigenvalue weighted by Crippen LogP contribution is 2.23. The largest absolute Gasteiger partial charge is 0.376 e. The zero-order valence-electron chi connectivity index (χ0n) is 12.1. The van der Waals surface area contributed by atoms with Gasteiger partial charge in [0.1, 0.15) is 5.69 Å². The Morgan fingerprint density at radius 1 is 1.24 bits per heavy atom. The molecule has 118 valence electrons. The highest BCUT2D eigenvalue weighted by atomic mass is 19.2. The van der Waals surface area contributed by atoms with Gasteiger partial charge < -0.3 is 10.2 Å². The maximum atomic E-state index is 13.5. The van der Waals surface area contributed by atoms with Crippen LogP contribution in [0.15, 0.2) is 0 Å². The first-order valence-corrected chi connectivity index (χ1v) is 7.07. The van der Waals surface area contributed by atoms with Gasteiger partial charge in [-0.1, -0.05) is 6.92 Å². The molecule has 2 rings (SSSR count). The van der Waals surface area contributed by atoms with Crippen molar-refractivity contribution in [2.45, 2.75) is 32.7 Å². The number of piperidine rings is 1. The van der Waals surface area contributed by atoms with Crippen LogP contribution in [0.1, 0.15) is 26.7 Å². The van der Waals surface area contributed by atoms with Crippen molar-refractivity contribution in [3.8, 4) is 0 Å². The van der Waals surface area contributed by atoms with Crippen LogP contribution in [-0.4, -0.2) is 35.6 Å². The van der Waals surface area contributed by atoms with Crippen LogP contribution in [0.25, 0.3) is 0 Å². The van der Waals surface area contributed by atoms with Crippen molar-refractivity contribution in [1.29, 1.82) is 0 Å². The second kappa shape index (κ2) is 6.60. The van der Waals surface area contributed by atoms with Crippen molar-refractivity contribution in [2.75, 3.05) is 25.0 Å². The first-order valence-electron chi connectivity index (χ1n) is 7.07. The van der Waals surface area contributed by atoms with E-state index in [-0.39, 0.29) is 6.04 Å². The number of likely N-dealkylation sites (tertiary alicyclic amines) is 1. The van der Waals surface area contributed by atoms with Crippen LogP contribution in [0, 0.1) is 29.4 Å². The second-order valence-corrected chi connectivity index (χ2v) is 5.75. The van der Waals surface area contributed by atoms with Crippen molar-refractivity contribution in [3.05, 3.63) is 23.5 Å². The lowest BCUT2D eigenvalue weighted by Gasteiger charge is -2.33. The molecule has 0 aliphatic carbocycles. The van der Waals surface area contributed by atoms with Crippen molar-refractivity contribution < 1.29 is 17.6 Å². The fourth-order valence-electron chi connectivity index (χ4n) is 2.75. The van der Waals surface area contributed by atoms with Crippen molar-refractivity contribution >= 4 is 5.69 Å². The molecule has 2 unspecified atom stereocenters. The zero-order chi connectivity index (χ0) is 15.6. The van der Waals surface area contributed by atoms with E-state index >= 15 is 0 Å². The van der Waals surface area contributed by atoms with E-state index in [2.05, 4.69) is 22.1 Å². The minimum atomic E-state index is -1.64. The monoisotopic (exact) mass is 305 g/mol. The van der Waals surface area contributed by atoms with Crippen LogP contribution in [0.2, 0.25) is 0 Å². The topological polar surface area (TPSA) is 28.2 Å². The van der Waals surface area contributed by atoms with Gasteiger partial charge in [0, 0.05) is 19.1 Å². The predicted octanol–water partition coefficient (Wildman–Crippen LogP) is 3.17. The Labute approximate surface area is 121 Å². The molecule has 1 aromatic rings. The number of nitrogens with one attached hydrogen (secondary N) is 1. The Morgan fingerprint density at radius 2 is 1.86 bits per heavy atom. The lowest BCUT2D eigenvalue weighted by atomic mass is 10.00. The smallest absolute Gasteiger partial charge is 0.253 e. The molecular formula is C14H19F4N3. The van der Waals surface area contributed by atoms with E-state index in [1.165, 1.54) is 6.42 Å². The molecule has 1 aliphatic rings. The molecule has 3 nitrogen and oxygen atoms in total. The maximum absolute atomic E-state index is 13.5. The Kier molecular flexibility index (Phi) is 5.03. The first-order chi connectivity index (χ1) is 9.88. The molecule has 1 aromatic heterocycles. The van der Waals surface area contributed by atoms with Gasteiger partial charge in [-0.25, -0.2) is 0 Å². The molecule has 0 amide bonds. The first kappa shape index (κ1) is 16.0. The predicted molar refractivity (Wildman–Crippen MR) is 72.0 cm³/mol. The van der Waals surface area contributed by atoms with Crippen molar-refractivity contribution in [1.82, 2.24) is 9.88 Å². The van der Waals surface area contributed by atoms with Gasteiger partial charge in [-0.05, 0) is 32.2 Å². The molecule has 0 saturated carbocycles. The van der Waals surface area contributed by atoms with Gasteiger partial charge >= 0.3 is 0 Å². The highest BCUT2D eigenvalue weighted by Gasteiger charge is 2.23. The van der Waals surface area contributed by atoms with Gasteiger partial charge in [-0.2, -0.15) is 22.5 Å². The third kappa shape index (κ3) is 3.84. The van der Waals surface area contributed by atoms with Crippen LogP contribution in [-0.2, 0) is 0 Å². The number of hydrogen-bond acceptors (Lipinski definition) is 3. The van der Waals surface area contributed by atoms with E-state index in [1.807, 2.05) is 0 Å². The molecule has 7 heteroatoms. The van der Waals surface area contributed by atoms with Crippen LogP contribution in [0.3, 0.4) is 0 Å². The normalized spacial score (nSPS) is 21.3. The van der Waals surface area contributed by atoms with E-state index in [9.17, 15) is 17.6 Å². The molecule has 1 aliphatic heterocycles. The van der Waals surface area contributed by atoms with Gasteiger partial charge in [0.2, 0.25) is 11.6 Å². The quantitative estimate of drug-likeness (QED) is 0.684. The third-order valence-corrected chi connectivity index (χ3v) is 3.66. The van der Waals surface area contributed by atoms with Crippen molar-refractivity contribution in [2.24, 2.45) is 5.92 Å². The Balaban J connectivity index is 2.04. The number of pyridine rings is 1. The summed E-state index contributed by atoms with van der Waals surface area (Å²) in [5, 5.41) is 2.51. The fourth-order valence-corrected chi connectivity index (χ4v) is 2.75. The summed E-state index contributed by atoms with van der Waals surface area (Å²) in [6, 6.07) is -0.347. The summed E-state index contributed by atoms with van der Waals surface area (Å²) in [5.74, 6) is -5.69. The van der Waals surface area contributed by atoms with Gasteiger partial charge in [0.15, 0.2) is 0 Å². The summed E-state index contributed by atoms with van der Waals surface area (Å²) in [4.78, 5) is 4.71. The van der Waals surface area contributed by atoms with Gasteiger partial charge in [-0.3, -0.25) is 0 Å². The summed E-state index contributed by atoms with van der Waals surface area (Å²) >= 11 is 0. The molecule has 0 radical (unpaired) electrons. The highest BCUT2D eigenvalue weighted by molar-refractivity contribution is 5.46. The number of rotatable bonds is 4. The van der Waals surface area contributed by atoms with Crippen LogP contribution < -0.4 is 5.32 Å². The van der Waals surface area contributed by atoms with Gasteiger partial charge in [-0.15, -0.1) is 0 Å². The second-order valence-electron chi connectivity index (χ2n) is 5.75. The number of aromatic nitrogens is 1. The van der Waals surface area contributed by atoms with E-state index in [4.69, 9.17) is 0 Å². The average molecular weight is 305 g/mol. The fraction of sp³-hybridized carbons (Fsp3) is 0.643. The summed E-state index contributed by atoms with van der Waals surface area (Å²) < 4.78 is 53.1. The Hall–Kier alpha value is -1.37. The van der Waals surface area contributed by atoms with E-state index in [1.54, 1.807) is 6.92 Å². The summed E-state index contributed by atoms with van der Waals surface area (Å²) in [6.07, 6.45) is 2.25. The molecule has 2 heterocycles. The molecule has 1 saturated heterocycles. The Morgan fingerprint density at radius 3 is 2.43 bits per heavy atom. The van der Waals surface area contributed by atoms with E-state index in [0.717, 1.165) is 19.5 Å². The number of hydrogen-bond donors (Lipinski definition) is 1. The summed E-state index contributed by atoms with van der Waals surface area (Å²) in [7, 11) is 0. The Bertz CT molecular complexity index is 483. The lowest BCUT2D eigenvalue weighted by Crippen LogP contribution is -2.41. The molecular weight excluding hydrogens is 286 g/mol. The van der Waals surface area contributed by atoms with Crippen LogP contribution in [0.5, 0.6) is 0 Å². The molecule has 1 fully saturated rings. The van der Waals surface area contributed by atoms with Crippen LogP contribution in [0.4, 0.5) is 23.2 Å². The minimum absolute atomic E-state index is 0.347. The number of halogens is 4. The lowest BCUT2D eigenvalue weighted by molar-refractivity contribution is 0.179. The minimum Gasteiger partial charge on any atom is -0.376 e.